The summed E-state index contributed by atoms with van der Waals surface area (Å²) in [5.74, 6) is 1.43. The smallest absolute Gasteiger partial charge is 0.328 e. The highest BCUT2D eigenvalue weighted by atomic mass is 32.2. The molecule has 0 N–H and O–H groups in total. The molecule has 0 fully saturated rings. The molecule has 0 atom stereocenters. The molecule has 9 nitrogen and oxygen atoms in total. The molecule has 2 aromatic carbocycles. The second-order valence-electron chi connectivity index (χ2n) is 8.80. The van der Waals surface area contributed by atoms with Crippen LogP contribution in [0.15, 0.2) is 69.6 Å². The lowest BCUT2D eigenvalue weighted by Crippen LogP contribution is -2.39. The number of nitrogens with zero attached hydrogens (tertiary/aromatic N) is 7. The number of thioether (sulfide) groups is 1. The number of hydrogen-bond acceptors (Lipinski definition) is 6. The van der Waals surface area contributed by atoms with E-state index in [0.717, 1.165) is 22.2 Å². The first-order valence-corrected chi connectivity index (χ1v) is 12.7. The molecule has 3 aromatic heterocycles. The zero-order chi connectivity index (χ0) is 25.4. The topological polar surface area (TPSA) is 92.5 Å². The fourth-order valence-electron chi connectivity index (χ4n) is 4.21. The van der Waals surface area contributed by atoms with Gasteiger partial charge < -0.3 is 4.57 Å². The number of aryl methyl sites for hydroxylation is 4. The average Bonchev–Trinajstić information content (AvgIpc) is 3.48. The molecule has 0 aliphatic carbocycles. The van der Waals surface area contributed by atoms with E-state index < -0.39 is 0 Å². The van der Waals surface area contributed by atoms with Gasteiger partial charge >= 0.3 is 5.69 Å². The van der Waals surface area contributed by atoms with Crippen LogP contribution < -0.4 is 11.2 Å². The largest absolute Gasteiger partial charge is 0.332 e. The van der Waals surface area contributed by atoms with Crippen molar-refractivity contribution in [1.29, 1.82) is 0 Å². The van der Waals surface area contributed by atoms with Gasteiger partial charge in [0.05, 0.1) is 12.0 Å². The second kappa shape index (κ2) is 9.62. The van der Waals surface area contributed by atoms with Crippen molar-refractivity contribution in [2.24, 2.45) is 14.1 Å². The van der Waals surface area contributed by atoms with Gasteiger partial charge in [-0.2, -0.15) is 0 Å². The first-order chi connectivity index (χ1) is 17.4. The summed E-state index contributed by atoms with van der Waals surface area (Å²) >= 11 is 1.56. The Kier molecular flexibility index (Phi) is 6.36. The van der Waals surface area contributed by atoms with Gasteiger partial charge in [0, 0.05) is 32.0 Å². The van der Waals surface area contributed by atoms with E-state index in [9.17, 15) is 9.59 Å². The minimum atomic E-state index is -0.360. The number of aromatic nitrogens is 7. The summed E-state index contributed by atoms with van der Waals surface area (Å²) in [6, 6.07) is 16.3. The maximum absolute atomic E-state index is 13.0. The van der Waals surface area contributed by atoms with Crippen LogP contribution in [0.1, 0.15) is 17.5 Å². The minimum absolute atomic E-state index is 0.308. The predicted octanol–water partition coefficient (Wildman–Crippen LogP) is 3.48. The van der Waals surface area contributed by atoms with Gasteiger partial charge in [-0.25, -0.2) is 9.78 Å². The summed E-state index contributed by atoms with van der Waals surface area (Å²) < 4.78 is 6.43. The Morgan fingerprint density at radius 2 is 1.72 bits per heavy atom. The Bertz CT molecular complexity index is 1680. The maximum Gasteiger partial charge on any atom is 0.332 e. The van der Waals surface area contributed by atoms with Crippen LogP contribution in [0, 0.1) is 13.8 Å². The lowest BCUT2D eigenvalue weighted by molar-refractivity contribution is 0.594. The molecule has 0 aliphatic rings. The van der Waals surface area contributed by atoms with Crippen LogP contribution >= 0.6 is 11.8 Å². The van der Waals surface area contributed by atoms with E-state index in [1.54, 1.807) is 36.8 Å². The maximum atomic E-state index is 13.0. The number of imidazole rings is 1. The van der Waals surface area contributed by atoms with Crippen LogP contribution in [0.3, 0.4) is 0 Å². The van der Waals surface area contributed by atoms with Gasteiger partial charge in [0.2, 0.25) is 0 Å². The van der Waals surface area contributed by atoms with Crippen molar-refractivity contribution in [2.45, 2.75) is 32.0 Å². The number of rotatable bonds is 7. The van der Waals surface area contributed by atoms with Crippen LogP contribution in [0.2, 0.25) is 0 Å². The quantitative estimate of drug-likeness (QED) is 0.250. The highest BCUT2D eigenvalue weighted by Crippen LogP contribution is 2.29. The van der Waals surface area contributed by atoms with Gasteiger partial charge in [-0.3, -0.25) is 18.5 Å². The molecule has 0 saturated heterocycles. The Labute approximate surface area is 212 Å². The van der Waals surface area contributed by atoms with Gasteiger partial charge in [0.25, 0.3) is 5.56 Å². The summed E-state index contributed by atoms with van der Waals surface area (Å²) in [5, 5.41) is 9.76. The fourth-order valence-corrected chi connectivity index (χ4v) is 5.09. The number of fused-ring (bicyclic) bond motifs is 1. The number of benzene rings is 2. The first kappa shape index (κ1) is 23.8. The standard InChI is InChI=1S/C26H27N7O2S/c1-17-11-12-20(15-18(17)2)33-22(19-9-6-5-7-10-19)28-29-25(33)36-14-8-13-32-24(34)21-23(27-16-30(21)3)31(4)26(32)35/h5-7,9-12,15-16H,8,13-14H2,1-4H3. The lowest BCUT2D eigenvalue weighted by atomic mass is 10.1. The van der Waals surface area contributed by atoms with Gasteiger partial charge in [-0.05, 0) is 43.5 Å². The van der Waals surface area contributed by atoms with Crippen molar-refractivity contribution in [2.75, 3.05) is 5.75 Å². The molecular formula is C26H27N7O2S. The predicted molar refractivity (Wildman–Crippen MR) is 142 cm³/mol. The third kappa shape index (κ3) is 4.17. The molecule has 0 aliphatic heterocycles. The zero-order valence-corrected chi connectivity index (χ0v) is 21.5. The monoisotopic (exact) mass is 501 g/mol. The van der Waals surface area contributed by atoms with E-state index in [-0.39, 0.29) is 11.2 Å². The van der Waals surface area contributed by atoms with E-state index in [4.69, 9.17) is 0 Å². The van der Waals surface area contributed by atoms with Crippen molar-refractivity contribution < 1.29 is 0 Å². The molecule has 0 radical (unpaired) electrons. The molecule has 0 amide bonds. The molecule has 0 bridgehead atoms. The van der Waals surface area contributed by atoms with E-state index in [1.807, 2.05) is 30.3 Å². The van der Waals surface area contributed by atoms with Crippen molar-refractivity contribution in [3.05, 3.63) is 86.8 Å². The molecule has 0 saturated carbocycles. The fraction of sp³-hybridized carbons (Fsp3) is 0.269. The highest BCUT2D eigenvalue weighted by molar-refractivity contribution is 7.99. The molecule has 5 rings (SSSR count). The van der Waals surface area contributed by atoms with Crippen LogP contribution in [0.25, 0.3) is 28.2 Å². The zero-order valence-electron chi connectivity index (χ0n) is 20.7. The summed E-state index contributed by atoms with van der Waals surface area (Å²) in [6.45, 7) is 4.49. The molecule has 0 spiro atoms. The van der Waals surface area contributed by atoms with E-state index in [1.165, 1.54) is 20.3 Å². The Balaban J connectivity index is 1.42. The molecule has 0 unspecified atom stereocenters. The molecule has 5 aromatic rings. The summed E-state index contributed by atoms with van der Waals surface area (Å²) in [6.07, 6.45) is 2.17. The van der Waals surface area contributed by atoms with E-state index >= 15 is 0 Å². The van der Waals surface area contributed by atoms with Gasteiger partial charge in [0.1, 0.15) is 0 Å². The Hall–Kier alpha value is -3.92. The van der Waals surface area contributed by atoms with E-state index in [2.05, 4.69) is 51.8 Å². The molecule has 184 valence electrons. The van der Waals surface area contributed by atoms with E-state index in [0.29, 0.717) is 29.9 Å². The van der Waals surface area contributed by atoms with Crippen LogP contribution in [-0.4, -0.2) is 39.2 Å². The van der Waals surface area contributed by atoms with Crippen molar-refractivity contribution in [3.8, 4) is 17.1 Å². The molecule has 3 heterocycles. The van der Waals surface area contributed by atoms with Crippen LogP contribution in [0.4, 0.5) is 0 Å². The third-order valence-corrected chi connectivity index (χ3v) is 7.39. The Morgan fingerprint density at radius 3 is 2.47 bits per heavy atom. The molecular weight excluding hydrogens is 474 g/mol. The summed E-state index contributed by atoms with van der Waals surface area (Å²) in [5.41, 5.74) is 4.53. The van der Waals surface area contributed by atoms with Crippen LogP contribution in [-0.2, 0) is 20.6 Å². The van der Waals surface area contributed by atoms with Crippen LogP contribution in [0.5, 0.6) is 0 Å². The van der Waals surface area contributed by atoms with Crippen molar-refractivity contribution >= 4 is 22.9 Å². The SMILES string of the molecule is Cc1ccc(-n2c(SCCCn3c(=O)c4c(ncn4C)n(C)c3=O)nnc2-c2ccccc2)cc1C. The van der Waals surface area contributed by atoms with Gasteiger partial charge in [0.15, 0.2) is 22.1 Å². The van der Waals surface area contributed by atoms with Gasteiger partial charge in [-0.1, -0.05) is 48.2 Å². The van der Waals surface area contributed by atoms with Crippen molar-refractivity contribution in [3.63, 3.8) is 0 Å². The molecule has 36 heavy (non-hydrogen) atoms. The molecule has 10 heteroatoms. The Morgan fingerprint density at radius 1 is 0.944 bits per heavy atom. The normalized spacial score (nSPS) is 11.4. The number of hydrogen-bond donors (Lipinski definition) is 0. The highest BCUT2D eigenvalue weighted by Gasteiger charge is 2.18. The summed E-state index contributed by atoms with van der Waals surface area (Å²) in [4.78, 5) is 29.9. The average molecular weight is 502 g/mol. The summed E-state index contributed by atoms with van der Waals surface area (Å²) in [7, 11) is 3.39. The van der Waals surface area contributed by atoms with Gasteiger partial charge in [-0.15, -0.1) is 10.2 Å². The minimum Gasteiger partial charge on any atom is -0.328 e. The second-order valence-corrected chi connectivity index (χ2v) is 9.87. The third-order valence-electron chi connectivity index (χ3n) is 6.37. The first-order valence-electron chi connectivity index (χ1n) is 11.7. The lowest BCUT2D eigenvalue weighted by Gasteiger charge is -2.12. The van der Waals surface area contributed by atoms with Crippen molar-refractivity contribution in [1.82, 2.24) is 33.4 Å².